The number of rotatable bonds is 9. The van der Waals surface area contributed by atoms with E-state index in [1.54, 1.807) is 6.07 Å². The van der Waals surface area contributed by atoms with Crippen molar-refractivity contribution in [2.45, 2.75) is 77.2 Å². The van der Waals surface area contributed by atoms with Gasteiger partial charge in [-0.05, 0) is 125 Å². The van der Waals surface area contributed by atoms with Gasteiger partial charge in [-0.15, -0.1) is 0 Å². The van der Waals surface area contributed by atoms with Crippen LogP contribution in [0.5, 0.6) is 0 Å². The maximum atomic E-state index is 13.3. The third-order valence-corrected chi connectivity index (χ3v) is 10.1. The second-order valence-corrected chi connectivity index (χ2v) is 12.9. The van der Waals surface area contributed by atoms with E-state index in [2.05, 4.69) is 53.1 Å². The lowest BCUT2D eigenvalue weighted by atomic mass is 9.81. The van der Waals surface area contributed by atoms with Gasteiger partial charge in [0.25, 0.3) is 5.91 Å². The average Bonchev–Trinajstić information content (AvgIpc) is 3.00. The molecule has 2 saturated heterocycles. The summed E-state index contributed by atoms with van der Waals surface area (Å²) in [6.45, 7) is 10.4. The van der Waals surface area contributed by atoms with Crippen LogP contribution in [0.3, 0.4) is 0 Å². The number of nitrogens with zero attached hydrogens (tertiary/aromatic N) is 2. The standard InChI is InChI=1S/C37H46N2O3/c1-27-9-7-10-28(2)34(27)35(40)38-23-19-37(3,20-24-38)39-21-17-29(18-22-39)15-16-32(31-12-5-4-6-13-31)25-30-11-8-14-33(26-30)36(41)42/h4-14,26,29,32H,15-25H2,1-3H3,(H,41,42)/t32-/m0/s1. The van der Waals surface area contributed by atoms with Gasteiger partial charge in [0.1, 0.15) is 0 Å². The van der Waals surface area contributed by atoms with E-state index in [-0.39, 0.29) is 11.4 Å². The van der Waals surface area contributed by atoms with Gasteiger partial charge in [0.15, 0.2) is 0 Å². The Kier molecular flexibility index (Phi) is 9.47. The zero-order valence-electron chi connectivity index (χ0n) is 25.5. The third-order valence-electron chi connectivity index (χ3n) is 10.1. The normalized spacial score (nSPS) is 18.5. The molecule has 5 nitrogen and oxygen atoms in total. The van der Waals surface area contributed by atoms with E-state index in [4.69, 9.17) is 0 Å². The highest BCUT2D eigenvalue weighted by molar-refractivity contribution is 5.97. The van der Waals surface area contributed by atoms with Crippen LogP contribution in [0.1, 0.15) is 94.3 Å². The smallest absolute Gasteiger partial charge is 0.335 e. The highest BCUT2D eigenvalue weighted by Gasteiger charge is 2.38. The van der Waals surface area contributed by atoms with Gasteiger partial charge in [-0.1, -0.05) is 60.7 Å². The SMILES string of the molecule is Cc1cccc(C)c1C(=O)N1CCC(C)(N2CCC(CC[C@@H](Cc3cccc(C(=O)O)c3)c3ccccc3)CC2)CC1. The van der Waals surface area contributed by atoms with Gasteiger partial charge >= 0.3 is 5.97 Å². The molecule has 3 aromatic carbocycles. The molecule has 0 saturated carbocycles. The van der Waals surface area contributed by atoms with E-state index in [9.17, 15) is 14.7 Å². The molecule has 0 unspecified atom stereocenters. The average molecular weight is 567 g/mol. The van der Waals surface area contributed by atoms with Crippen LogP contribution in [0.25, 0.3) is 0 Å². The number of aryl methyl sites for hydroxylation is 2. The van der Waals surface area contributed by atoms with Crippen LogP contribution < -0.4 is 0 Å². The molecule has 5 rings (SSSR count). The van der Waals surface area contributed by atoms with Crippen LogP contribution in [-0.2, 0) is 6.42 Å². The Hall–Kier alpha value is -3.44. The molecule has 0 aliphatic carbocycles. The number of likely N-dealkylation sites (tertiary alicyclic amines) is 2. The van der Waals surface area contributed by atoms with Crippen molar-refractivity contribution in [1.82, 2.24) is 9.80 Å². The van der Waals surface area contributed by atoms with Crippen molar-refractivity contribution in [2.24, 2.45) is 5.92 Å². The van der Waals surface area contributed by atoms with Gasteiger partial charge in [-0.25, -0.2) is 4.79 Å². The Labute approximate surface area is 251 Å². The molecule has 2 fully saturated rings. The third kappa shape index (κ3) is 6.95. The Bertz CT molecular complexity index is 1350. The van der Waals surface area contributed by atoms with E-state index >= 15 is 0 Å². The number of carboxylic acid groups (broad SMARTS) is 1. The Morgan fingerprint density at radius 2 is 1.52 bits per heavy atom. The molecule has 222 valence electrons. The lowest BCUT2D eigenvalue weighted by Gasteiger charge is -2.49. The summed E-state index contributed by atoms with van der Waals surface area (Å²) in [7, 11) is 0. The van der Waals surface area contributed by atoms with E-state index in [1.807, 2.05) is 44.2 Å². The van der Waals surface area contributed by atoms with E-state index < -0.39 is 5.97 Å². The van der Waals surface area contributed by atoms with E-state index in [0.29, 0.717) is 17.4 Å². The molecule has 42 heavy (non-hydrogen) atoms. The first-order valence-electron chi connectivity index (χ1n) is 15.7. The van der Waals surface area contributed by atoms with Crippen LogP contribution in [0, 0.1) is 19.8 Å². The number of hydrogen-bond donors (Lipinski definition) is 1. The molecule has 0 radical (unpaired) electrons. The number of benzene rings is 3. The molecule has 1 amide bonds. The van der Waals surface area contributed by atoms with Crippen molar-refractivity contribution in [2.75, 3.05) is 26.2 Å². The van der Waals surface area contributed by atoms with Crippen LogP contribution in [0.2, 0.25) is 0 Å². The van der Waals surface area contributed by atoms with Gasteiger partial charge in [0, 0.05) is 24.2 Å². The molecule has 3 aromatic rings. The second kappa shape index (κ2) is 13.2. The van der Waals surface area contributed by atoms with Crippen molar-refractivity contribution < 1.29 is 14.7 Å². The van der Waals surface area contributed by atoms with Crippen molar-refractivity contribution >= 4 is 11.9 Å². The van der Waals surface area contributed by atoms with Gasteiger partial charge in [-0.3, -0.25) is 9.69 Å². The first kappa shape index (κ1) is 30.0. The summed E-state index contributed by atoms with van der Waals surface area (Å²) < 4.78 is 0. The van der Waals surface area contributed by atoms with Crippen LogP contribution in [0.15, 0.2) is 72.8 Å². The maximum Gasteiger partial charge on any atom is 0.335 e. The van der Waals surface area contributed by atoms with Crippen LogP contribution in [-0.4, -0.2) is 58.5 Å². The summed E-state index contributed by atoms with van der Waals surface area (Å²) in [6.07, 6.45) is 7.66. The fraction of sp³-hybridized carbons (Fsp3) is 0.459. The molecule has 2 aliphatic rings. The fourth-order valence-corrected chi connectivity index (χ4v) is 7.24. The number of carbonyl (C=O) groups excluding carboxylic acids is 1. The van der Waals surface area contributed by atoms with E-state index in [0.717, 1.165) is 74.1 Å². The molecular weight excluding hydrogens is 520 g/mol. The highest BCUT2D eigenvalue weighted by atomic mass is 16.4. The number of amides is 1. The number of carbonyl (C=O) groups is 2. The van der Waals surface area contributed by atoms with Crippen molar-refractivity contribution in [3.63, 3.8) is 0 Å². The zero-order chi connectivity index (χ0) is 29.7. The summed E-state index contributed by atoms with van der Waals surface area (Å²) in [5, 5.41) is 9.45. The van der Waals surface area contributed by atoms with Crippen molar-refractivity contribution in [1.29, 1.82) is 0 Å². The largest absolute Gasteiger partial charge is 0.478 e. The molecule has 1 atom stereocenters. The van der Waals surface area contributed by atoms with Gasteiger partial charge in [-0.2, -0.15) is 0 Å². The minimum absolute atomic E-state index is 0.157. The monoisotopic (exact) mass is 566 g/mol. The predicted octanol–water partition coefficient (Wildman–Crippen LogP) is 7.52. The summed E-state index contributed by atoms with van der Waals surface area (Å²) in [4.78, 5) is 29.6. The van der Waals surface area contributed by atoms with Gasteiger partial charge in [0.2, 0.25) is 0 Å². The van der Waals surface area contributed by atoms with Gasteiger partial charge in [0.05, 0.1) is 5.56 Å². The molecule has 2 aliphatic heterocycles. The number of piperidine rings is 2. The Balaban J connectivity index is 1.14. The first-order valence-corrected chi connectivity index (χ1v) is 15.7. The maximum absolute atomic E-state index is 13.3. The summed E-state index contributed by atoms with van der Waals surface area (Å²) in [6, 6.07) is 24.2. The summed E-state index contributed by atoms with van der Waals surface area (Å²) in [5.74, 6) is 0.415. The summed E-state index contributed by atoms with van der Waals surface area (Å²) in [5.41, 5.74) is 5.97. The molecule has 2 heterocycles. The molecular formula is C37H46N2O3. The van der Waals surface area contributed by atoms with Crippen molar-refractivity contribution in [3.8, 4) is 0 Å². The minimum atomic E-state index is -0.868. The molecule has 0 bridgehead atoms. The number of aromatic carboxylic acids is 1. The van der Waals surface area contributed by atoms with Crippen LogP contribution in [0.4, 0.5) is 0 Å². The number of carboxylic acids is 1. The second-order valence-electron chi connectivity index (χ2n) is 12.9. The van der Waals surface area contributed by atoms with E-state index in [1.165, 1.54) is 24.8 Å². The fourth-order valence-electron chi connectivity index (χ4n) is 7.24. The van der Waals surface area contributed by atoms with Crippen LogP contribution >= 0.6 is 0 Å². The lowest BCUT2D eigenvalue weighted by molar-refractivity contribution is 0.0104. The summed E-state index contributed by atoms with van der Waals surface area (Å²) >= 11 is 0. The lowest BCUT2D eigenvalue weighted by Crippen LogP contribution is -2.56. The topological polar surface area (TPSA) is 60.9 Å². The predicted molar refractivity (Wildman–Crippen MR) is 169 cm³/mol. The van der Waals surface area contributed by atoms with Crippen molar-refractivity contribution in [3.05, 3.63) is 106 Å². The molecule has 5 heteroatoms. The Morgan fingerprint density at radius 3 is 2.17 bits per heavy atom. The minimum Gasteiger partial charge on any atom is -0.478 e. The zero-order valence-corrected chi connectivity index (χ0v) is 25.5. The Morgan fingerprint density at radius 1 is 0.881 bits per heavy atom. The van der Waals surface area contributed by atoms with Gasteiger partial charge < -0.3 is 10.0 Å². The molecule has 1 N–H and O–H groups in total. The first-order chi connectivity index (χ1) is 20.2. The quantitative estimate of drug-likeness (QED) is 0.291. The molecule has 0 aromatic heterocycles. The molecule has 0 spiro atoms. The number of hydrogen-bond acceptors (Lipinski definition) is 3. The highest BCUT2D eigenvalue weighted by Crippen LogP contribution is 2.36.